The lowest BCUT2D eigenvalue weighted by Crippen LogP contribution is -2.18. The number of aliphatic carboxylic acids is 1. The molecule has 0 heterocycles. The topological polar surface area (TPSA) is 40.5 Å². The monoisotopic (exact) mass is 283 g/mol. The van der Waals surface area contributed by atoms with Crippen molar-refractivity contribution in [2.75, 3.05) is 11.9 Å². The van der Waals surface area contributed by atoms with Crippen LogP contribution in [0.3, 0.4) is 0 Å². The Kier molecular flexibility index (Phi) is 4.99. The van der Waals surface area contributed by atoms with Crippen LogP contribution in [0.2, 0.25) is 0 Å². The molecule has 0 aliphatic carbocycles. The van der Waals surface area contributed by atoms with Crippen LogP contribution in [0.5, 0.6) is 0 Å². The second kappa shape index (κ2) is 6.93. The first-order valence-electron chi connectivity index (χ1n) is 7.18. The van der Waals surface area contributed by atoms with Crippen molar-refractivity contribution >= 4 is 11.7 Å². The standard InChI is InChI=1S/C18H21NO2/c1-3-14-8-10-17(11-9-14)19(2)13-16-7-5-4-6-15(16)12-18(20)21/h4-11H,3,12-13H2,1-2H3,(H,20,21). The Morgan fingerprint density at radius 2 is 1.67 bits per heavy atom. The fraction of sp³-hybridized carbons (Fsp3) is 0.278. The molecule has 1 N–H and O–H groups in total. The van der Waals surface area contributed by atoms with Crippen molar-refractivity contribution in [2.24, 2.45) is 0 Å². The molecule has 0 saturated carbocycles. The average molecular weight is 283 g/mol. The van der Waals surface area contributed by atoms with Crippen molar-refractivity contribution in [3.8, 4) is 0 Å². The third-order valence-electron chi connectivity index (χ3n) is 3.65. The summed E-state index contributed by atoms with van der Waals surface area (Å²) >= 11 is 0. The van der Waals surface area contributed by atoms with Crippen molar-refractivity contribution < 1.29 is 9.90 Å². The predicted octanol–water partition coefficient (Wildman–Crippen LogP) is 3.51. The normalized spacial score (nSPS) is 10.4. The summed E-state index contributed by atoms with van der Waals surface area (Å²) in [5, 5.41) is 8.99. The Labute approximate surface area is 125 Å². The van der Waals surface area contributed by atoms with E-state index in [9.17, 15) is 4.79 Å². The number of anilines is 1. The molecular formula is C18H21NO2. The molecule has 2 rings (SSSR count). The molecule has 3 heteroatoms. The zero-order valence-corrected chi connectivity index (χ0v) is 12.5. The zero-order valence-electron chi connectivity index (χ0n) is 12.5. The van der Waals surface area contributed by atoms with Crippen LogP contribution < -0.4 is 4.90 Å². The molecule has 0 unspecified atom stereocenters. The molecule has 0 amide bonds. The first-order valence-corrected chi connectivity index (χ1v) is 7.18. The van der Waals surface area contributed by atoms with Crippen LogP contribution in [0, 0.1) is 0 Å². The van der Waals surface area contributed by atoms with Gasteiger partial charge in [0, 0.05) is 19.3 Å². The maximum atomic E-state index is 10.9. The van der Waals surface area contributed by atoms with E-state index < -0.39 is 5.97 Å². The minimum absolute atomic E-state index is 0.0682. The number of nitrogens with zero attached hydrogens (tertiary/aromatic N) is 1. The van der Waals surface area contributed by atoms with E-state index in [1.54, 1.807) is 0 Å². The number of hydrogen-bond donors (Lipinski definition) is 1. The van der Waals surface area contributed by atoms with Crippen LogP contribution in [-0.4, -0.2) is 18.1 Å². The van der Waals surface area contributed by atoms with Gasteiger partial charge in [-0.25, -0.2) is 0 Å². The van der Waals surface area contributed by atoms with Crippen LogP contribution >= 0.6 is 0 Å². The van der Waals surface area contributed by atoms with Gasteiger partial charge in [0.2, 0.25) is 0 Å². The van der Waals surface area contributed by atoms with E-state index >= 15 is 0 Å². The van der Waals surface area contributed by atoms with E-state index in [2.05, 4.69) is 36.1 Å². The lowest BCUT2D eigenvalue weighted by atomic mass is 10.0. The number of carboxylic acids is 1. The Bertz CT molecular complexity index is 605. The van der Waals surface area contributed by atoms with Gasteiger partial charge in [0.1, 0.15) is 0 Å². The van der Waals surface area contributed by atoms with Gasteiger partial charge < -0.3 is 10.0 Å². The number of carbonyl (C=O) groups is 1. The first-order chi connectivity index (χ1) is 10.1. The summed E-state index contributed by atoms with van der Waals surface area (Å²) in [4.78, 5) is 13.1. The molecule has 0 aliphatic rings. The molecular weight excluding hydrogens is 262 g/mol. The fourth-order valence-corrected chi connectivity index (χ4v) is 2.38. The summed E-state index contributed by atoms with van der Waals surface area (Å²) in [6, 6.07) is 16.2. The summed E-state index contributed by atoms with van der Waals surface area (Å²) in [7, 11) is 2.03. The lowest BCUT2D eigenvalue weighted by molar-refractivity contribution is -0.136. The largest absolute Gasteiger partial charge is 0.481 e. The average Bonchev–Trinajstić information content (AvgIpc) is 2.49. The molecule has 0 atom stereocenters. The van der Waals surface area contributed by atoms with Gasteiger partial charge in [-0.15, -0.1) is 0 Å². The van der Waals surface area contributed by atoms with Crippen molar-refractivity contribution in [1.82, 2.24) is 0 Å². The summed E-state index contributed by atoms with van der Waals surface area (Å²) in [5.74, 6) is -0.794. The Balaban J connectivity index is 2.14. The van der Waals surface area contributed by atoms with Gasteiger partial charge in [-0.3, -0.25) is 4.79 Å². The second-order valence-electron chi connectivity index (χ2n) is 5.22. The fourth-order valence-electron chi connectivity index (χ4n) is 2.38. The van der Waals surface area contributed by atoms with Gasteiger partial charge in [-0.05, 0) is 35.2 Å². The van der Waals surface area contributed by atoms with E-state index in [4.69, 9.17) is 5.11 Å². The summed E-state index contributed by atoms with van der Waals surface area (Å²) in [6.07, 6.45) is 1.10. The van der Waals surface area contributed by atoms with Gasteiger partial charge in [0.05, 0.1) is 6.42 Å². The predicted molar refractivity (Wildman–Crippen MR) is 85.7 cm³/mol. The highest BCUT2D eigenvalue weighted by atomic mass is 16.4. The molecule has 2 aromatic rings. The van der Waals surface area contributed by atoms with E-state index in [0.717, 1.165) is 23.2 Å². The Morgan fingerprint density at radius 1 is 1.05 bits per heavy atom. The highest BCUT2D eigenvalue weighted by Gasteiger charge is 2.09. The molecule has 2 aromatic carbocycles. The van der Waals surface area contributed by atoms with Gasteiger partial charge in [-0.2, -0.15) is 0 Å². The van der Waals surface area contributed by atoms with E-state index in [1.807, 2.05) is 31.3 Å². The lowest BCUT2D eigenvalue weighted by Gasteiger charge is -2.21. The van der Waals surface area contributed by atoms with E-state index in [-0.39, 0.29) is 6.42 Å². The molecule has 3 nitrogen and oxygen atoms in total. The van der Waals surface area contributed by atoms with Gasteiger partial charge in [-0.1, -0.05) is 43.3 Å². The maximum Gasteiger partial charge on any atom is 0.307 e. The van der Waals surface area contributed by atoms with Crippen LogP contribution in [-0.2, 0) is 24.2 Å². The van der Waals surface area contributed by atoms with Gasteiger partial charge in [0.25, 0.3) is 0 Å². The molecule has 21 heavy (non-hydrogen) atoms. The molecule has 0 bridgehead atoms. The Morgan fingerprint density at radius 3 is 2.24 bits per heavy atom. The number of carboxylic acid groups (broad SMARTS) is 1. The summed E-state index contributed by atoms with van der Waals surface area (Å²) in [5.41, 5.74) is 4.39. The number of aryl methyl sites for hydroxylation is 1. The third-order valence-corrected chi connectivity index (χ3v) is 3.65. The quantitative estimate of drug-likeness (QED) is 0.882. The van der Waals surface area contributed by atoms with E-state index in [0.29, 0.717) is 6.54 Å². The summed E-state index contributed by atoms with van der Waals surface area (Å²) in [6.45, 7) is 2.84. The minimum atomic E-state index is -0.794. The number of rotatable bonds is 6. The molecule has 0 saturated heterocycles. The zero-order chi connectivity index (χ0) is 15.2. The highest BCUT2D eigenvalue weighted by molar-refractivity contribution is 5.70. The van der Waals surface area contributed by atoms with Crippen LogP contribution in [0.1, 0.15) is 23.6 Å². The van der Waals surface area contributed by atoms with Crippen LogP contribution in [0.15, 0.2) is 48.5 Å². The maximum absolute atomic E-state index is 10.9. The van der Waals surface area contributed by atoms with Crippen molar-refractivity contribution in [1.29, 1.82) is 0 Å². The molecule has 110 valence electrons. The first kappa shape index (κ1) is 15.1. The van der Waals surface area contributed by atoms with Crippen LogP contribution in [0.25, 0.3) is 0 Å². The molecule has 0 fully saturated rings. The SMILES string of the molecule is CCc1ccc(N(C)Cc2ccccc2CC(=O)O)cc1. The Hall–Kier alpha value is -2.29. The third kappa shape index (κ3) is 4.09. The van der Waals surface area contributed by atoms with Crippen molar-refractivity contribution in [2.45, 2.75) is 26.3 Å². The minimum Gasteiger partial charge on any atom is -0.481 e. The van der Waals surface area contributed by atoms with E-state index in [1.165, 1.54) is 5.56 Å². The van der Waals surface area contributed by atoms with Crippen molar-refractivity contribution in [3.63, 3.8) is 0 Å². The van der Waals surface area contributed by atoms with Gasteiger partial charge >= 0.3 is 5.97 Å². The molecule has 0 aliphatic heterocycles. The highest BCUT2D eigenvalue weighted by Crippen LogP contribution is 2.19. The number of benzene rings is 2. The van der Waals surface area contributed by atoms with Gasteiger partial charge in [0.15, 0.2) is 0 Å². The number of hydrogen-bond acceptors (Lipinski definition) is 2. The second-order valence-corrected chi connectivity index (χ2v) is 5.22. The smallest absolute Gasteiger partial charge is 0.307 e. The molecule has 0 spiro atoms. The molecule has 0 aromatic heterocycles. The summed E-state index contributed by atoms with van der Waals surface area (Å²) < 4.78 is 0. The van der Waals surface area contributed by atoms with Crippen LogP contribution in [0.4, 0.5) is 5.69 Å². The molecule has 0 radical (unpaired) electrons. The van der Waals surface area contributed by atoms with Crippen molar-refractivity contribution in [3.05, 3.63) is 65.2 Å².